The Morgan fingerprint density at radius 3 is 1.62 bits per heavy atom. The van der Waals surface area contributed by atoms with Gasteiger partial charge in [0.05, 0.1) is 11.8 Å². The van der Waals surface area contributed by atoms with Gasteiger partial charge >= 0.3 is 21.1 Å². The zero-order valence-corrected chi connectivity index (χ0v) is 7.02. The summed E-state index contributed by atoms with van der Waals surface area (Å²) in [5, 5.41) is 3.11. The van der Waals surface area contributed by atoms with Crippen LogP contribution in [0.15, 0.2) is 0 Å². The van der Waals surface area contributed by atoms with E-state index in [1.54, 1.807) is 0 Å². The molecule has 1 rings (SSSR count). The quantitative estimate of drug-likeness (QED) is 0.596. The van der Waals surface area contributed by atoms with E-state index >= 15 is 0 Å². The molecule has 4 heteroatoms. The number of rotatable bonds is 0. The van der Waals surface area contributed by atoms with E-state index in [9.17, 15) is 9.59 Å². The van der Waals surface area contributed by atoms with Crippen LogP contribution in [0.3, 0.4) is 0 Å². The smallest absolute Gasteiger partial charge is 0.596 e. The van der Waals surface area contributed by atoms with Crippen LogP contribution in [0.5, 0.6) is 0 Å². The molecule has 3 nitrogen and oxygen atoms in total. The maximum atomic E-state index is 10.1. The summed E-state index contributed by atoms with van der Waals surface area (Å²) in [6.45, 7) is 0. The first-order chi connectivity index (χ1) is 3.29. The Morgan fingerprint density at radius 1 is 1.12 bits per heavy atom. The van der Waals surface area contributed by atoms with E-state index in [0.717, 1.165) is 0 Å². The molecule has 0 unspecified atom stereocenters. The summed E-state index contributed by atoms with van der Waals surface area (Å²) in [5.41, 5.74) is 0. The zero-order valence-electron chi connectivity index (χ0n) is 4.09. The molecule has 8 heavy (non-hydrogen) atoms. The number of hydrogen-bond acceptors (Lipinski definition) is 2. The SMILES string of the molecule is O=C1CCC(=O)[N-]1.[W+2]. The van der Waals surface area contributed by atoms with Gasteiger partial charge in [0.15, 0.2) is 0 Å². The van der Waals surface area contributed by atoms with Gasteiger partial charge in [-0.05, 0) is 12.8 Å². The molecular weight excluding hydrogens is 278 g/mol. The average Bonchev–Trinajstić information content (AvgIpc) is 1.87. The van der Waals surface area contributed by atoms with Crippen LogP contribution in [0.4, 0.5) is 0 Å². The molecule has 1 aliphatic heterocycles. The van der Waals surface area contributed by atoms with Crippen LogP contribution in [0, 0.1) is 0 Å². The Kier molecular flexibility index (Phi) is 2.91. The molecule has 0 saturated carbocycles. The van der Waals surface area contributed by atoms with Gasteiger partial charge in [-0.1, -0.05) is 0 Å². The Balaban J connectivity index is 0.000000490. The molecule has 1 heterocycles. The van der Waals surface area contributed by atoms with Crippen LogP contribution in [0.25, 0.3) is 5.32 Å². The molecule has 42 valence electrons. The van der Waals surface area contributed by atoms with Crippen molar-refractivity contribution in [2.75, 3.05) is 0 Å². The number of carbonyl (C=O) groups is 2. The summed E-state index contributed by atoms with van der Waals surface area (Å²) in [6, 6.07) is 0. The second-order valence-corrected chi connectivity index (χ2v) is 1.40. The molecule has 2 amide bonds. The van der Waals surface area contributed by atoms with Gasteiger partial charge in [0.25, 0.3) is 0 Å². The minimum absolute atomic E-state index is 0. The van der Waals surface area contributed by atoms with Crippen molar-refractivity contribution in [3.8, 4) is 0 Å². The summed E-state index contributed by atoms with van der Waals surface area (Å²) < 4.78 is 0. The fourth-order valence-corrected chi connectivity index (χ4v) is 0.465. The second-order valence-electron chi connectivity index (χ2n) is 1.40. The van der Waals surface area contributed by atoms with Crippen molar-refractivity contribution in [3.63, 3.8) is 0 Å². The second kappa shape index (κ2) is 2.98. The molecule has 0 radical (unpaired) electrons. The van der Waals surface area contributed by atoms with Gasteiger partial charge in [-0.25, -0.2) is 0 Å². The molecule has 0 aromatic heterocycles. The maximum absolute atomic E-state index is 10.1. The van der Waals surface area contributed by atoms with Gasteiger partial charge in [-0.15, -0.1) is 0 Å². The normalized spacial score (nSPS) is 17.5. The summed E-state index contributed by atoms with van der Waals surface area (Å²) >= 11 is 0. The van der Waals surface area contributed by atoms with Gasteiger partial charge in [0, 0.05) is 0 Å². The predicted octanol–water partition coefficient (Wildman–Crippen LogP) is 0.205. The van der Waals surface area contributed by atoms with Crippen LogP contribution in [0.1, 0.15) is 12.8 Å². The summed E-state index contributed by atoms with van der Waals surface area (Å²) in [6.07, 6.45) is 0.637. The molecule has 0 aliphatic carbocycles. The van der Waals surface area contributed by atoms with E-state index in [-0.39, 0.29) is 32.9 Å². The topological polar surface area (TPSA) is 48.2 Å². The Morgan fingerprint density at radius 2 is 1.50 bits per heavy atom. The van der Waals surface area contributed by atoms with E-state index in [2.05, 4.69) is 5.32 Å². The predicted molar refractivity (Wildman–Crippen MR) is 22.6 cm³/mol. The largest absolute Gasteiger partial charge is 2.00 e. The van der Waals surface area contributed by atoms with Crippen molar-refractivity contribution in [3.05, 3.63) is 5.32 Å². The fraction of sp³-hybridized carbons (Fsp3) is 0.500. The molecule has 0 aromatic carbocycles. The van der Waals surface area contributed by atoms with E-state index in [4.69, 9.17) is 0 Å². The molecule has 1 aliphatic rings. The molecule has 1 saturated heterocycles. The minimum atomic E-state index is -0.273. The molecule has 0 N–H and O–H groups in total. The molecule has 0 spiro atoms. The first kappa shape index (κ1) is 7.83. The molecular formula is C4H4NO2W+. The van der Waals surface area contributed by atoms with Crippen molar-refractivity contribution >= 4 is 11.8 Å². The summed E-state index contributed by atoms with van der Waals surface area (Å²) in [7, 11) is 0. The number of carbonyl (C=O) groups excluding carboxylic acids is 2. The first-order valence-corrected chi connectivity index (χ1v) is 2.06. The number of amides is 2. The summed E-state index contributed by atoms with van der Waals surface area (Å²) in [5.74, 6) is -0.546. The molecule has 0 bridgehead atoms. The monoisotopic (exact) mass is 282 g/mol. The van der Waals surface area contributed by atoms with Crippen LogP contribution in [-0.2, 0) is 30.7 Å². The van der Waals surface area contributed by atoms with E-state index in [1.807, 2.05) is 0 Å². The third kappa shape index (κ3) is 1.74. The van der Waals surface area contributed by atoms with Gasteiger partial charge in [-0.3, -0.25) is 0 Å². The third-order valence-corrected chi connectivity index (χ3v) is 0.802. The van der Waals surface area contributed by atoms with E-state index in [1.165, 1.54) is 0 Å². The van der Waals surface area contributed by atoms with Crippen molar-refractivity contribution in [2.24, 2.45) is 0 Å². The first-order valence-electron chi connectivity index (χ1n) is 2.06. The third-order valence-electron chi connectivity index (χ3n) is 0.802. The fourth-order valence-electron chi connectivity index (χ4n) is 0.465. The van der Waals surface area contributed by atoms with Gasteiger partial charge in [-0.2, -0.15) is 0 Å². The van der Waals surface area contributed by atoms with Crippen molar-refractivity contribution in [1.82, 2.24) is 0 Å². The maximum Gasteiger partial charge on any atom is 2.00 e. The Hall–Kier alpha value is -0.172. The molecule has 0 aromatic rings. The van der Waals surface area contributed by atoms with Gasteiger partial charge in [0.1, 0.15) is 0 Å². The molecule has 1 fully saturated rings. The van der Waals surface area contributed by atoms with Crippen molar-refractivity contribution < 1.29 is 30.7 Å². The number of nitrogens with zero attached hydrogens (tertiary/aromatic N) is 1. The minimum Gasteiger partial charge on any atom is -0.596 e. The average molecular weight is 282 g/mol. The molecule has 0 atom stereocenters. The van der Waals surface area contributed by atoms with Crippen LogP contribution in [-0.4, -0.2) is 11.8 Å². The van der Waals surface area contributed by atoms with Gasteiger partial charge in [0.2, 0.25) is 0 Å². The zero-order chi connectivity index (χ0) is 5.28. The Bertz CT molecular complexity index is 109. The van der Waals surface area contributed by atoms with Gasteiger partial charge < -0.3 is 14.9 Å². The van der Waals surface area contributed by atoms with Crippen molar-refractivity contribution in [1.29, 1.82) is 0 Å². The van der Waals surface area contributed by atoms with Crippen LogP contribution < -0.4 is 0 Å². The standard InChI is InChI=1S/C4H5NO2.W/c6-3-1-2-4(7)5-3;/h1-2H2,(H,5,6,7);/q;+2/p-1. The summed E-state index contributed by atoms with van der Waals surface area (Å²) in [4.78, 5) is 20.1. The van der Waals surface area contributed by atoms with Crippen molar-refractivity contribution in [2.45, 2.75) is 12.8 Å². The Labute approximate surface area is 61.1 Å². The number of imide groups is 1. The number of hydrogen-bond donors (Lipinski definition) is 0. The van der Waals surface area contributed by atoms with E-state index in [0.29, 0.717) is 12.8 Å². The van der Waals surface area contributed by atoms with Crippen LogP contribution in [0.2, 0.25) is 0 Å². The van der Waals surface area contributed by atoms with E-state index < -0.39 is 0 Å². The van der Waals surface area contributed by atoms with Crippen LogP contribution >= 0.6 is 0 Å².